The van der Waals surface area contributed by atoms with Gasteiger partial charge in [-0.2, -0.15) is 0 Å². The molecule has 0 N–H and O–H groups in total. The third kappa shape index (κ3) is 3.98. The lowest BCUT2D eigenvalue weighted by Gasteiger charge is -2.16. The molecule has 3 aromatic carbocycles. The Hall–Kier alpha value is -2.41. The van der Waals surface area contributed by atoms with Crippen molar-refractivity contribution in [1.29, 1.82) is 0 Å². The molecular formula is C20H13ClN2O2S2. The van der Waals surface area contributed by atoms with Crippen molar-refractivity contribution in [3.8, 4) is 0 Å². The number of halogens is 1. The Bertz CT molecular complexity index is 1100. The fraction of sp³-hybridized carbons (Fsp3) is 0.0500. The Labute approximate surface area is 169 Å². The first kappa shape index (κ1) is 18.0. The molecule has 0 aliphatic heterocycles. The zero-order valence-corrected chi connectivity index (χ0v) is 16.3. The number of nitro groups is 1. The number of hydrogen-bond acceptors (Lipinski definition) is 5. The first-order chi connectivity index (χ1) is 13.1. The number of nitro benzene ring substituents is 1. The minimum atomic E-state index is -0.382. The van der Waals surface area contributed by atoms with Crippen LogP contribution in [-0.2, 0) is 0 Å². The molecule has 7 heteroatoms. The number of benzene rings is 3. The van der Waals surface area contributed by atoms with Crippen LogP contribution >= 0.6 is 34.7 Å². The van der Waals surface area contributed by atoms with Crippen LogP contribution in [-0.4, -0.2) is 9.91 Å². The number of thioether (sulfide) groups is 1. The van der Waals surface area contributed by atoms with E-state index in [1.807, 2.05) is 42.5 Å². The molecule has 0 saturated carbocycles. The Morgan fingerprint density at radius 1 is 1.00 bits per heavy atom. The lowest BCUT2D eigenvalue weighted by molar-refractivity contribution is -0.384. The van der Waals surface area contributed by atoms with E-state index in [0.29, 0.717) is 5.02 Å². The van der Waals surface area contributed by atoms with Gasteiger partial charge in [-0.3, -0.25) is 10.1 Å². The van der Waals surface area contributed by atoms with Gasteiger partial charge in [0, 0.05) is 17.2 Å². The van der Waals surface area contributed by atoms with E-state index in [0.717, 1.165) is 25.7 Å². The molecule has 0 aliphatic rings. The van der Waals surface area contributed by atoms with Gasteiger partial charge in [-0.25, -0.2) is 4.98 Å². The maximum atomic E-state index is 11.0. The first-order valence-corrected chi connectivity index (χ1v) is 10.2. The van der Waals surface area contributed by atoms with E-state index in [9.17, 15) is 10.1 Å². The van der Waals surface area contributed by atoms with Crippen molar-refractivity contribution >= 4 is 50.6 Å². The fourth-order valence-corrected chi connectivity index (χ4v) is 5.30. The predicted molar refractivity (Wildman–Crippen MR) is 112 cm³/mol. The van der Waals surface area contributed by atoms with Crippen LogP contribution in [0.3, 0.4) is 0 Å². The smallest absolute Gasteiger partial charge is 0.258 e. The van der Waals surface area contributed by atoms with Crippen molar-refractivity contribution in [2.75, 3.05) is 0 Å². The molecule has 4 aromatic rings. The number of fused-ring (bicyclic) bond motifs is 1. The van der Waals surface area contributed by atoms with Crippen LogP contribution in [0.1, 0.15) is 16.4 Å². The summed E-state index contributed by atoms with van der Waals surface area (Å²) in [5.74, 6) is 0. The second-order valence-corrected chi connectivity index (χ2v) is 8.67. The highest BCUT2D eigenvalue weighted by atomic mass is 35.5. The maximum Gasteiger partial charge on any atom is 0.270 e. The van der Waals surface area contributed by atoms with E-state index in [1.54, 1.807) is 23.9 Å². The van der Waals surface area contributed by atoms with Gasteiger partial charge in [0.05, 0.1) is 20.4 Å². The molecule has 0 amide bonds. The first-order valence-electron chi connectivity index (χ1n) is 8.12. The number of rotatable bonds is 5. The number of non-ortho nitro benzene ring substituents is 1. The quantitative estimate of drug-likeness (QED) is 0.207. The third-order valence-electron chi connectivity index (χ3n) is 4.06. The van der Waals surface area contributed by atoms with E-state index in [4.69, 9.17) is 11.6 Å². The molecular weight excluding hydrogens is 400 g/mol. The average Bonchev–Trinajstić information content (AvgIpc) is 3.09. The van der Waals surface area contributed by atoms with Gasteiger partial charge in [0.1, 0.15) is 0 Å². The van der Waals surface area contributed by atoms with Crippen LogP contribution in [0.25, 0.3) is 10.2 Å². The minimum absolute atomic E-state index is 0.0546. The predicted octanol–water partition coefficient (Wildman–Crippen LogP) is 6.74. The van der Waals surface area contributed by atoms with Crippen LogP contribution in [0.15, 0.2) is 77.1 Å². The van der Waals surface area contributed by atoms with Crippen molar-refractivity contribution in [2.24, 2.45) is 0 Å². The molecule has 134 valence electrons. The molecule has 27 heavy (non-hydrogen) atoms. The number of aromatic nitrogens is 1. The summed E-state index contributed by atoms with van der Waals surface area (Å²) < 4.78 is 1.68. The zero-order valence-electron chi connectivity index (χ0n) is 13.9. The summed E-state index contributed by atoms with van der Waals surface area (Å²) in [6, 6.07) is 22.8. The Morgan fingerprint density at radius 2 is 1.70 bits per heavy atom. The van der Waals surface area contributed by atoms with Gasteiger partial charge in [-0.15, -0.1) is 11.3 Å². The van der Waals surface area contributed by atoms with Crippen molar-refractivity contribution in [3.05, 3.63) is 99.1 Å². The van der Waals surface area contributed by atoms with Gasteiger partial charge in [-0.05, 0) is 29.3 Å². The summed E-state index contributed by atoms with van der Waals surface area (Å²) >= 11 is 9.15. The van der Waals surface area contributed by atoms with Gasteiger partial charge >= 0.3 is 0 Å². The van der Waals surface area contributed by atoms with E-state index in [-0.39, 0.29) is 15.9 Å². The molecule has 1 aromatic heterocycles. The summed E-state index contributed by atoms with van der Waals surface area (Å²) in [6.07, 6.45) is 0. The summed E-state index contributed by atoms with van der Waals surface area (Å²) in [5.41, 5.74) is 3.15. The van der Waals surface area contributed by atoms with Crippen LogP contribution in [0.4, 0.5) is 5.69 Å². The van der Waals surface area contributed by atoms with E-state index in [2.05, 4.69) is 17.1 Å². The number of nitrogens with zero attached hydrogens (tertiary/aromatic N) is 2. The van der Waals surface area contributed by atoms with Crippen LogP contribution in [0.5, 0.6) is 0 Å². The van der Waals surface area contributed by atoms with Crippen molar-refractivity contribution in [3.63, 3.8) is 0 Å². The molecule has 1 heterocycles. The molecule has 0 fully saturated rings. The Balaban J connectivity index is 1.72. The van der Waals surface area contributed by atoms with Crippen molar-refractivity contribution in [1.82, 2.24) is 4.98 Å². The lowest BCUT2D eigenvalue weighted by Crippen LogP contribution is -1.96. The fourth-order valence-electron chi connectivity index (χ4n) is 2.75. The number of hydrogen-bond donors (Lipinski definition) is 0. The molecule has 0 radical (unpaired) electrons. The molecule has 0 saturated heterocycles. The molecule has 0 unspecified atom stereocenters. The van der Waals surface area contributed by atoms with Crippen LogP contribution < -0.4 is 0 Å². The van der Waals surface area contributed by atoms with Gasteiger partial charge in [0.2, 0.25) is 0 Å². The van der Waals surface area contributed by atoms with Crippen LogP contribution in [0, 0.1) is 10.1 Å². The molecule has 0 spiro atoms. The van der Waals surface area contributed by atoms with Gasteiger partial charge in [-0.1, -0.05) is 65.8 Å². The molecule has 0 bridgehead atoms. The normalized spacial score (nSPS) is 12.2. The summed E-state index contributed by atoms with van der Waals surface area (Å²) in [5, 5.41) is 11.8. The molecule has 1 atom stereocenters. The highest BCUT2D eigenvalue weighted by molar-refractivity contribution is 8.01. The SMILES string of the molecule is O=[N+]([O-])c1ccc2nc(S[C@@H](c3ccccc3)c3ccc(Cl)cc3)sc2c1. The summed E-state index contributed by atoms with van der Waals surface area (Å²) in [6.45, 7) is 0. The zero-order chi connectivity index (χ0) is 18.8. The van der Waals surface area contributed by atoms with E-state index in [1.165, 1.54) is 17.4 Å². The maximum absolute atomic E-state index is 11.0. The Kier molecular flexibility index (Phi) is 5.11. The van der Waals surface area contributed by atoms with E-state index < -0.39 is 0 Å². The van der Waals surface area contributed by atoms with Gasteiger partial charge in [0.15, 0.2) is 4.34 Å². The second kappa shape index (κ2) is 7.68. The molecule has 4 nitrogen and oxygen atoms in total. The monoisotopic (exact) mass is 412 g/mol. The largest absolute Gasteiger partial charge is 0.270 e. The topological polar surface area (TPSA) is 56.0 Å². The van der Waals surface area contributed by atoms with Gasteiger partial charge < -0.3 is 0 Å². The third-order valence-corrected chi connectivity index (χ3v) is 6.73. The highest BCUT2D eigenvalue weighted by Crippen LogP contribution is 2.43. The molecule has 0 aliphatic carbocycles. The minimum Gasteiger partial charge on any atom is -0.258 e. The second-order valence-electron chi connectivity index (χ2n) is 5.85. The number of thiazole rings is 1. The van der Waals surface area contributed by atoms with Crippen molar-refractivity contribution in [2.45, 2.75) is 9.59 Å². The summed E-state index contributed by atoms with van der Waals surface area (Å²) in [7, 11) is 0. The standard InChI is InChI=1S/C20H13ClN2O2S2/c21-15-8-6-14(7-9-15)19(13-4-2-1-3-5-13)27-20-22-17-11-10-16(23(24)25)12-18(17)26-20/h1-12,19H/t19-/m0/s1. The van der Waals surface area contributed by atoms with Crippen LogP contribution in [0.2, 0.25) is 5.02 Å². The van der Waals surface area contributed by atoms with E-state index >= 15 is 0 Å². The Morgan fingerprint density at radius 3 is 2.41 bits per heavy atom. The van der Waals surface area contributed by atoms with Crippen molar-refractivity contribution < 1.29 is 4.92 Å². The highest BCUT2D eigenvalue weighted by Gasteiger charge is 2.19. The average molecular weight is 413 g/mol. The molecule has 4 rings (SSSR count). The summed E-state index contributed by atoms with van der Waals surface area (Å²) in [4.78, 5) is 15.3. The van der Waals surface area contributed by atoms with Gasteiger partial charge in [0.25, 0.3) is 5.69 Å². The lowest BCUT2D eigenvalue weighted by atomic mass is 10.0.